The van der Waals surface area contributed by atoms with E-state index in [1.54, 1.807) is 0 Å². The molecule has 1 aromatic carbocycles. The number of carboxylic acids is 1. The third kappa shape index (κ3) is 1.87. The Morgan fingerprint density at radius 1 is 1.06 bits per heavy atom. The number of hydrogen-bond acceptors (Lipinski definition) is 7. The molecule has 0 heterocycles. The van der Waals surface area contributed by atoms with E-state index in [2.05, 4.69) is 0 Å². The summed E-state index contributed by atoms with van der Waals surface area (Å²) >= 11 is 0. The molecule has 16 heavy (non-hydrogen) atoms. The fourth-order valence-electron chi connectivity index (χ4n) is 0.988. The molecule has 0 N–H and O–H groups in total. The van der Waals surface area contributed by atoms with Crippen molar-refractivity contribution < 1.29 is 24.9 Å². The number of carboxylic acid groups (broad SMARTS) is 1. The van der Waals surface area contributed by atoms with Gasteiger partial charge in [0.2, 0.25) is 0 Å². The molecule has 9 heteroatoms. The van der Waals surface area contributed by atoms with Crippen LogP contribution in [0.5, 0.6) is 5.75 Å². The van der Waals surface area contributed by atoms with Crippen LogP contribution in [0.25, 0.3) is 0 Å². The van der Waals surface area contributed by atoms with E-state index in [-0.39, 0.29) is 0 Å². The Morgan fingerprint density at radius 3 is 1.69 bits per heavy atom. The first-order chi connectivity index (χ1) is 7.34. The number of aromatic carboxylic acids is 1. The Morgan fingerprint density at radius 2 is 1.44 bits per heavy atom. The van der Waals surface area contributed by atoms with Gasteiger partial charge in [-0.2, -0.15) is 0 Å². The molecule has 0 aliphatic carbocycles. The molecule has 0 unspecified atom stereocenters. The van der Waals surface area contributed by atoms with E-state index >= 15 is 0 Å². The molecular formula is C7H2N2O7-2. The van der Waals surface area contributed by atoms with E-state index in [1.165, 1.54) is 0 Å². The molecule has 1 rings (SSSR count). The number of carbonyl (C=O) groups is 1. The van der Waals surface area contributed by atoms with E-state index in [0.29, 0.717) is 12.1 Å². The number of nitro benzene ring substituents is 2. The van der Waals surface area contributed by atoms with E-state index in [0.717, 1.165) is 0 Å². The molecule has 9 nitrogen and oxygen atoms in total. The highest BCUT2D eigenvalue weighted by atomic mass is 16.6. The fraction of sp³-hybridized carbons (Fsp3) is 0. The second-order valence-corrected chi connectivity index (χ2v) is 2.65. The maximum absolute atomic E-state index is 11.1. The summed E-state index contributed by atoms with van der Waals surface area (Å²) in [4.78, 5) is 28.7. The van der Waals surface area contributed by atoms with Gasteiger partial charge in [-0.25, -0.2) is 0 Å². The summed E-state index contributed by atoms with van der Waals surface area (Å²) in [6.45, 7) is 0. The number of carbonyl (C=O) groups excluding carboxylic acids is 1. The lowest BCUT2D eigenvalue weighted by Crippen LogP contribution is -2.22. The number of rotatable bonds is 3. The van der Waals surface area contributed by atoms with Crippen molar-refractivity contribution in [2.75, 3.05) is 0 Å². The van der Waals surface area contributed by atoms with Gasteiger partial charge >= 0.3 is 0 Å². The first-order valence-corrected chi connectivity index (χ1v) is 3.69. The maximum Gasteiger partial charge on any atom is 0.269 e. The van der Waals surface area contributed by atoms with Gasteiger partial charge in [-0.3, -0.25) is 20.2 Å². The van der Waals surface area contributed by atoms with Crippen molar-refractivity contribution in [1.82, 2.24) is 0 Å². The molecule has 0 saturated carbocycles. The molecule has 0 aliphatic rings. The second kappa shape index (κ2) is 3.81. The fourth-order valence-corrected chi connectivity index (χ4v) is 0.988. The van der Waals surface area contributed by atoms with Crippen molar-refractivity contribution in [2.45, 2.75) is 0 Å². The topological polar surface area (TPSA) is 149 Å². The summed E-state index contributed by atoms with van der Waals surface area (Å²) in [5, 5.41) is 42.2. The molecular weight excluding hydrogens is 224 g/mol. The van der Waals surface area contributed by atoms with E-state index in [9.17, 15) is 35.2 Å². The molecule has 0 bridgehead atoms. The molecule has 0 amide bonds. The van der Waals surface area contributed by atoms with Crippen molar-refractivity contribution in [1.29, 1.82) is 0 Å². The molecule has 0 radical (unpaired) electrons. The van der Waals surface area contributed by atoms with Crippen LogP contribution >= 0.6 is 0 Å². The Kier molecular flexibility index (Phi) is 2.70. The van der Waals surface area contributed by atoms with Gasteiger partial charge in [-0.05, 0) is 0 Å². The SMILES string of the molecule is O=C([O-])c1cc([N+](=O)[O-])c([O-])c([N+](=O)[O-])c1. The van der Waals surface area contributed by atoms with Crippen LogP contribution in [0.4, 0.5) is 11.4 Å². The quantitative estimate of drug-likeness (QED) is 0.470. The van der Waals surface area contributed by atoms with Gasteiger partial charge in [-0.15, -0.1) is 0 Å². The lowest BCUT2D eigenvalue weighted by molar-refractivity contribution is -0.416. The third-order valence-electron chi connectivity index (χ3n) is 1.68. The van der Waals surface area contributed by atoms with Gasteiger partial charge < -0.3 is 15.0 Å². The largest absolute Gasteiger partial charge is 0.863 e. The highest BCUT2D eigenvalue weighted by Gasteiger charge is 2.19. The average Bonchev–Trinajstić information content (AvgIpc) is 2.16. The van der Waals surface area contributed by atoms with Crippen molar-refractivity contribution >= 4 is 17.3 Å². The van der Waals surface area contributed by atoms with Crippen LogP contribution < -0.4 is 10.2 Å². The monoisotopic (exact) mass is 226 g/mol. The summed E-state index contributed by atoms with van der Waals surface area (Å²) in [5.74, 6) is -3.29. The summed E-state index contributed by atoms with van der Waals surface area (Å²) < 4.78 is 0. The van der Waals surface area contributed by atoms with Crippen molar-refractivity contribution in [2.24, 2.45) is 0 Å². The second-order valence-electron chi connectivity index (χ2n) is 2.65. The Hall–Kier alpha value is -2.71. The number of nitrogens with zero attached hydrogens (tertiary/aromatic N) is 2. The molecule has 1 aromatic rings. The van der Waals surface area contributed by atoms with Gasteiger partial charge in [0.1, 0.15) is 0 Å². The summed E-state index contributed by atoms with van der Waals surface area (Å²) in [6, 6.07) is 0.843. The first-order valence-electron chi connectivity index (χ1n) is 3.69. The zero-order valence-corrected chi connectivity index (χ0v) is 7.41. The highest BCUT2D eigenvalue weighted by molar-refractivity contribution is 5.88. The van der Waals surface area contributed by atoms with Crippen LogP contribution in [0.2, 0.25) is 0 Å². The summed E-state index contributed by atoms with van der Waals surface area (Å²) in [6.07, 6.45) is 0. The predicted molar refractivity (Wildman–Crippen MR) is 43.5 cm³/mol. The van der Waals surface area contributed by atoms with Crippen LogP contribution in [0.1, 0.15) is 10.4 Å². The minimum Gasteiger partial charge on any atom is -0.863 e. The van der Waals surface area contributed by atoms with Crippen LogP contribution in [-0.4, -0.2) is 15.8 Å². The molecule has 0 aliphatic heterocycles. The van der Waals surface area contributed by atoms with Crippen LogP contribution in [0.15, 0.2) is 12.1 Å². The molecule has 0 saturated heterocycles. The number of nitro groups is 2. The molecule has 0 atom stereocenters. The summed E-state index contributed by atoms with van der Waals surface area (Å²) in [7, 11) is 0. The van der Waals surface area contributed by atoms with Crippen LogP contribution in [0.3, 0.4) is 0 Å². The van der Waals surface area contributed by atoms with Crippen LogP contribution in [-0.2, 0) is 0 Å². The van der Waals surface area contributed by atoms with E-state index in [4.69, 9.17) is 0 Å². The molecule has 0 fully saturated rings. The van der Waals surface area contributed by atoms with Crippen LogP contribution in [0, 0.1) is 20.2 Å². The minimum absolute atomic E-state index is 0.421. The van der Waals surface area contributed by atoms with Gasteiger partial charge in [-0.1, -0.05) is 0 Å². The molecule has 0 aromatic heterocycles. The standard InChI is InChI=1S/C7H4N2O7/c10-6-4(8(13)14)1-3(7(11)12)2-5(6)9(15)16/h1-2,10H,(H,11,12)/p-2. The zero-order valence-electron chi connectivity index (χ0n) is 7.41. The normalized spacial score (nSPS) is 9.75. The van der Waals surface area contributed by atoms with E-state index < -0.39 is 38.5 Å². The highest BCUT2D eigenvalue weighted by Crippen LogP contribution is 2.33. The zero-order chi connectivity index (χ0) is 12.5. The van der Waals surface area contributed by atoms with Gasteiger partial charge in [0.15, 0.2) is 0 Å². The Balaban J connectivity index is 3.57. The van der Waals surface area contributed by atoms with Crippen molar-refractivity contribution in [3.05, 3.63) is 37.9 Å². The van der Waals surface area contributed by atoms with E-state index in [1.807, 2.05) is 0 Å². The minimum atomic E-state index is -1.84. The Bertz CT molecular complexity index is 461. The predicted octanol–water partition coefficient (Wildman–Crippen LogP) is -1.06. The lowest BCUT2D eigenvalue weighted by atomic mass is 10.1. The lowest BCUT2D eigenvalue weighted by Gasteiger charge is -2.09. The summed E-state index contributed by atoms with van der Waals surface area (Å²) in [5.41, 5.74) is -3.14. The smallest absolute Gasteiger partial charge is 0.269 e. The number of hydrogen-bond donors (Lipinski definition) is 0. The van der Waals surface area contributed by atoms with Crippen molar-refractivity contribution in [3.8, 4) is 5.75 Å². The van der Waals surface area contributed by atoms with Crippen molar-refractivity contribution in [3.63, 3.8) is 0 Å². The number of benzene rings is 1. The Labute approximate surface area is 86.9 Å². The maximum atomic E-state index is 11.1. The van der Waals surface area contributed by atoms with Gasteiger partial charge in [0, 0.05) is 17.7 Å². The molecule has 84 valence electrons. The third-order valence-corrected chi connectivity index (χ3v) is 1.68. The molecule has 0 spiro atoms. The average molecular weight is 226 g/mol. The van der Waals surface area contributed by atoms with Gasteiger partial charge in [0.05, 0.1) is 21.6 Å². The van der Waals surface area contributed by atoms with Gasteiger partial charge in [0.25, 0.3) is 11.4 Å². The first kappa shape index (κ1) is 11.4.